The lowest BCUT2D eigenvalue weighted by Gasteiger charge is -2.32. The van der Waals surface area contributed by atoms with E-state index in [2.05, 4.69) is 15.4 Å². The summed E-state index contributed by atoms with van der Waals surface area (Å²) in [5.74, 6) is -0.625. The SMILES string of the molecule is O=c1[nH]c2cc(F)ccc2n1C1CCN(CC2=CC(c3ccc(F)cc3)ON2)CC1. The van der Waals surface area contributed by atoms with E-state index in [1.807, 2.05) is 6.08 Å². The highest BCUT2D eigenvalue weighted by molar-refractivity contribution is 5.75. The molecule has 0 aliphatic carbocycles. The predicted octanol–water partition coefficient (Wildman–Crippen LogP) is 3.40. The molecule has 1 saturated heterocycles. The van der Waals surface area contributed by atoms with Crippen LogP contribution in [-0.2, 0) is 4.84 Å². The number of rotatable bonds is 4. The lowest BCUT2D eigenvalue weighted by Crippen LogP contribution is -2.38. The molecular formula is C22H22F2N4O2. The van der Waals surface area contributed by atoms with E-state index in [0.717, 1.165) is 49.3 Å². The van der Waals surface area contributed by atoms with Crippen LogP contribution in [-0.4, -0.2) is 34.1 Å². The van der Waals surface area contributed by atoms with Crippen molar-refractivity contribution < 1.29 is 13.6 Å². The first-order valence-electron chi connectivity index (χ1n) is 10.1. The number of hydroxylamine groups is 1. The molecule has 2 aromatic carbocycles. The molecule has 2 N–H and O–H groups in total. The number of aromatic nitrogens is 2. The zero-order valence-corrected chi connectivity index (χ0v) is 16.3. The first kappa shape index (κ1) is 19.0. The molecule has 1 atom stereocenters. The zero-order valence-electron chi connectivity index (χ0n) is 16.3. The molecule has 2 aliphatic rings. The number of hydrogen-bond donors (Lipinski definition) is 2. The van der Waals surface area contributed by atoms with E-state index in [1.165, 1.54) is 24.3 Å². The van der Waals surface area contributed by atoms with Gasteiger partial charge in [-0.3, -0.25) is 19.8 Å². The quantitative estimate of drug-likeness (QED) is 0.690. The summed E-state index contributed by atoms with van der Waals surface area (Å²) in [5, 5.41) is 0. The summed E-state index contributed by atoms with van der Waals surface area (Å²) in [4.78, 5) is 23.1. The van der Waals surface area contributed by atoms with Crippen molar-refractivity contribution in [2.24, 2.45) is 0 Å². The highest BCUT2D eigenvalue weighted by atomic mass is 19.1. The molecular weight excluding hydrogens is 390 g/mol. The summed E-state index contributed by atoms with van der Waals surface area (Å²) in [7, 11) is 0. The third-order valence-corrected chi connectivity index (χ3v) is 5.86. The zero-order chi connectivity index (χ0) is 20.7. The molecule has 0 bridgehead atoms. The highest BCUT2D eigenvalue weighted by Crippen LogP contribution is 2.28. The molecule has 3 aromatic rings. The molecule has 6 nitrogen and oxygen atoms in total. The summed E-state index contributed by atoms with van der Waals surface area (Å²) >= 11 is 0. The molecule has 8 heteroatoms. The number of likely N-dealkylation sites (tertiary alicyclic amines) is 1. The molecule has 5 rings (SSSR count). The van der Waals surface area contributed by atoms with Crippen LogP contribution in [0.3, 0.4) is 0 Å². The van der Waals surface area contributed by atoms with E-state index in [9.17, 15) is 13.6 Å². The lowest BCUT2D eigenvalue weighted by molar-refractivity contribution is 0.0380. The molecule has 0 amide bonds. The van der Waals surface area contributed by atoms with Crippen LogP contribution in [0.5, 0.6) is 0 Å². The van der Waals surface area contributed by atoms with E-state index < -0.39 is 0 Å². The van der Waals surface area contributed by atoms with E-state index in [0.29, 0.717) is 5.52 Å². The van der Waals surface area contributed by atoms with Gasteiger partial charge < -0.3 is 4.98 Å². The molecule has 0 radical (unpaired) electrons. The Kier molecular flexibility index (Phi) is 4.88. The van der Waals surface area contributed by atoms with Crippen LogP contribution in [0.1, 0.15) is 30.6 Å². The van der Waals surface area contributed by atoms with Crippen LogP contribution in [0, 0.1) is 11.6 Å². The second-order valence-electron chi connectivity index (χ2n) is 7.85. The van der Waals surface area contributed by atoms with Crippen molar-refractivity contribution in [3.05, 3.63) is 81.9 Å². The van der Waals surface area contributed by atoms with Gasteiger partial charge in [0.1, 0.15) is 17.7 Å². The van der Waals surface area contributed by atoms with Crippen LogP contribution in [0.2, 0.25) is 0 Å². The minimum atomic E-state index is -0.357. The lowest BCUT2D eigenvalue weighted by atomic mass is 10.0. The fourth-order valence-electron chi connectivity index (χ4n) is 4.33. The summed E-state index contributed by atoms with van der Waals surface area (Å²) in [6.07, 6.45) is 3.45. The molecule has 3 heterocycles. The number of fused-ring (bicyclic) bond motifs is 1. The summed E-state index contributed by atoms with van der Waals surface area (Å²) in [6, 6.07) is 10.8. The van der Waals surface area contributed by atoms with Crippen molar-refractivity contribution in [3.63, 3.8) is 0 Å². The van der Waals surface area contributed by atoms with Crippen molar-refractivity contribution in [3.8, 4) is 0 Å². The maximum Gasteiger partial charge on any atom is 0.326 e. The molecule has 1 aromatic heterocycles. The first-order chi connectivity index (χ1) is 14.6. The standard InChI is InChI=1S/C22H22F2N4O2/c23-15-3-1-14(2-4-15)21-12-17(26-30-21)13-27-9-7-18(8-10-27)28-20-6-5-16(24)11-19(20)25-22(28)29/h1-6,11-12,18,21,26H,7-10,13H2,(H,25,29). The molecule has 1 fully saturated rings. The third kappa shape index (κ3) is 3.64. The Morgan fingerprint density at radius 1 is 1.03 bits per heavy atom. The van der Waals surface area contributed by atoms with Crippen LogP contribution >= 0.6 is 0 Å². The Morgan fingerprint density at radius 2 is 1.77 bits per heavy atom. The van der Waals surface area contributed by atoms with Gasteiger partial charge in [0.15, 0.2) is 0 Å². The van der Waals surface area contributed by atoms with E-state index in [1.54, 1.807) is 22.8 Å². The van der Waals surface area contributed by atoms with Crippen molar-refractivity contribution in [2.75, 3.05) is 19.6 Å². The van der Waals surface area contributed by atoms with Crippen LogP contribution in [0.4, 0.5) is 8.78 Å². The van der Waals surface area contributed by atoms with Gasteiger partial charge in [0, 0.05) is 25.7 Å². The monoisotopic (exact) mass is 412 g/mol. The number of aromatic amines is 1. The number of hydrogen-bond acceptors (Lipinski definition) is 4. The number of nitrogens with zero attached hydrogens (tertiary/aromatic N) is 2. The van der Waals surface area contributed by atoms with E-state index in [4.69, 9.17) is 4.84 Å². The Balaban J connectivity index is 1.23. The maximum atomic E-state index is 13.4. The van der Waals surface area contributed by atoms with E-state index >= 15 is 0 Å². The van der Waals surface area contributed by atoms with Crippen molar-refractivity contribution >= 4 is 11.0 Å². The van der Waals surface area contributed by atoms with Gasteiger partial charge in [-0.25, -0.2) is 13.6 Å². The van der Waals surface area contributed by atoms with Gasteiger partial charge in [0.05, 0.1) is 16.7 Å². The number of H-pyrrole nitrogens is 1. The minimum absolute atomic E-state index is 0.0849. The minimum Gasteiger partial charge on any atom is -0.305 e. The molecule has 1 unspecified atom stereocenters. The van der Waals surface area contributed by atoms with Gasteiger partial charge in [-0.05, 0) is 54.8 Å². The van der Waals surface area contributed by atoms with Gasteiger partial charge in [0.25, 0.3) is 0 Å². The largest absolute Gasteiger partial charge is 0.326 e. The van der Waals surface area contributed by atoms with Gasteiger partial charge in [-0.1, -0.05) is 12.1 Å². The van der Waals surface area contributed by atoms with Crippen molar-refractivity contribution in [1.29, 1.82) is 0 Å². The summed E-state index contributed by atoms with van der Waals surface area (Å²) in [6.45, 7) is 2.40. The Bertz CT molecular complexity index is 1140. The predicted molar refractivity (Wildman–Crippen MR) is 109 cm³/mol. The molecule has 0 spiro atoms. The topological polar surface area (TPSA) is 62.3 Å². The molecule has 156 valence electrons. The van der Waals surface area contributed by atoms with Crippen molar-refractivity contribution in [1.82, 2.24) is 19.9 Å². The number of imidazole rings is 1. The smallest absolute Gasteiger partial charge is 0.305 e. The van der Waals surface area contributed by atoms with Crippen LogP contribution in [0.25, 0.3) is 11.0 Å². The number of halogens is 2. The molecule has 2 aliphatic heterocycles. The fourth-order valence-corrected chi connectivity index (χ4v) is 4.33. The average molecular weight is 412 g/mol. The number of benzene rings is 2. The second kappa shape index (κ2) is 7.70. The number of nitrogens with one attached hydrogen (secondary N) is 2. The summed E-state index contributed by atoms with van der Waals surface area (Å²) < 4.78 is 28.3. The van der Waals surface area contributed by atoms with Gasteiger partial charge in [0.2, 0.25) is 0 Å². The fraction of sp³-hybridized carbons (Fsp3) is 0.318. The summed E-state index contributed by atoms with van der Waals surface area (Å²) in [5.41, 5.74) is 5.93. The normalized spacial score (nSPS) is 20.5. The Labute approximate surface area is 171 Å². The first-order valence-corrected chi connectivity index (χ1v) is 10.1. The van der Waals surface area contributed by atoms with Gasteiger partial charge >= 0.3 is 5.69 Å². The third-order valence-electron chi connectivity index (χ3n) is 5.86. The second-order valence-corrected chi connectivity index (χ2v) is 7.85. The van der Waals surface area contributed by atoms with E-state index in [-0.39, 0.29) is 29.5 Å². The average Bonchev–Trinajstić information content (AvgIpc) is 3.32. The van der Waals surface area contributed by atoms with Gasteiger partial charge in [-0.15, -0.1) is 0 Å². The molecule has 30 heavy (non-hydrogen) atoms. The number of piperidine rings is 1. The Morgan fingerprint density at radius 3 is 2.53 bits per heavy atom. The van der Waals surface area contributed by atoms with Crippen LogP contribution < -0.4 is 11.2 Å². The highest BCUT2D eigenvalue weighted by Gasteiger charge is 2.26. The molecule has 0 saturated carbocycles. The van der Waals surface area contributed by atoms with Crippen molar-refractivity contribution in [2.45, 2.75) is 25.0 Å². The van der Waals surface area contributed by atoms with Gasteiger partial charge in [-0.2, -0.15) is 0 Å². The van der Waals surface area contributed by atoms with Crippen LogP contribution in [0.15, 0.2) is 59.0 Å². The Hall–Kier alpha value is -2.97. The maximum absolute atomic E-state index is 13.4.